The van der Waals surface area contributed by atoms with Crippen molar-refractivity contribution in [2.75, 3.05) is 29.1 Å². The van der Waals surface area contributed by atoms with E-state index in [4.69, 9.17) is 0 Å². The fourth-order valence-electron chi connectivity index (χ4n) is 3.64. The Labute approximate surface area is 177 Å². The fourth-order valence-corrected chi connectivity index (χ4v) is 3.64. The number of amides is 4. The van der Waals surface area contributed by atoms with Gasteiger partial charge < -0.3 is 10.6 Å². The van der Waals surface area contributed by atoms with Crippen molar-refractivity contribution < 1.29 is 14.4 Å². The normalized spacial score (nSPS) is 16.3. The Morgan fingerprint density at radius 1 is 1.13 bits per heavy atom. The number of anilines is 3. The maximum atomic E-state index is 12.6. The van der Waals surface area contributed by atoms with Crippen molar-refractivity contribution in [1.82, 2.24) is 24.5 Å². The Morgan fingerprint density at radius 3 is 2.65 bits per heavy atom. The molecule has 11 heteroatoms. The van der Waals surface area contributed by atoms with Crippen molar-refractivity contribution in [2.45, 2.75) is 25.3 Å². The third-order valence-corrected chi connectivity index (χ3v) is 5.45. The molecule has 2 fully saturated rings. The molecule has 3 aromatic rings. The Kier molecular flexibility index (Phi) is 4.50. The number of urea groups is 1. The molecule has 4 amide bonds. The van der Waals surface area contributed by atoms with Gasteiger partial charge in [0.05, 0.1) is 17.8 Å². The first kappa shape index (κ1) is 19.0. The largest absolute Gasteiger partial charge is 0.364 e. The molecule has 4 heterocycles. The van der Waals surface area contributed by atoms with Crippen molar-refractivity contribution >= 4 is 41.3 Å². The van der Waals surface area contributed by atoms with E-state index in [1.807, 2.05) is 12.1 Å². The highest BCUT2D eigenvalue weighted by atomic mass is 16.2. The van der Waals surface area contributed by atoms with Gasteiger partial charge in [0.2, 0.25) is 6.41 Å². The van der Waals surface area contributed by atoms with E-state index in [0.717, 1.165) is 34.5 Å². The maximum absolute atomic E-state index is 12.6. The van der Waals surface area contributed by atoms with Crippen LogP contribution in [0.4, 0.5) is 22.2 Å². The quantitative estimate of drug-likeness (QED) is 0.439. The number of imide groups is 1. The van der Waals surface area contributed by atoms with Gasteiger partial charge >= 0.3 is 6.03 Å². The topological polar surface area (TPSA) is 125 Å². The van der Waals surface area contributed by atoms with Crippen molar-refractivity contribution in [3.05, 3.63) is 41.9 Å². The van der Waals surface area contributed by atoms with Crippen LogP contribution in [-0.2, 0) is 16.1 Å². The molecule has 0 radical (unpaired) electrons. The molecule has 31 heavy (non-hydrogen) atoms. The molecule has 3 aromatic heterocycles. The predicted molar refractivity (Wildman–Crippen MR) is 112 cm³/mol. The van der Waals surface area contributed by atoms with Crippen LogP contribution in [-0.4, -0.2) is 56.4 Å². The molecular formula is C20H20N8O3. The monoisotopic (exact) mass is 420 g/mol. The van der Waals surface area contributed by atoms with E-state index in [-0.39, 0.29) is 18.5 Å². The van der Waals surface area contributed by atoms with Crippen molar-refractivity contribution in [3.63, 3.8) is 0 Å². The van der Waals surface area contributed by atoms with Crippen molar-refractivity contribution in [1.29, 1.82) is 0 Å². The van der Waals surface area contributed by atoms with Crippen LogP contribution in [0.2, 0.25) is 0 Å². The molecule has 2 aliphatic rings. The first-order valence-electron chi connectivity index (χ1n) is 9.90. The van der Waals surface area contributed by atoms with Crippen molar-refractivity contribution in [2.24, 2.45) is 0 Å². The number of nitrogens with one attached hydrogen (secondary N) is 2. The molecule has 1 saturated carbocycles. The minimum Gasteiger partial charge on any atom is -0.364 e. The summed E-state index contributed by atoms with van der Waals surface area (Å²) in [5, 5.41) is 10.3. The number of aromatic nitrogens is 4. The first-order chi connectivity index (χ1) is 15.0. The molecule has 1 saturated heterocycles. The number of pyridine rings is 1. The predicted octanol–water partition coefficient (Wildman–Crippen LogP) is 1.58. The minimum absolute atomic E-state index is 0.000555. The van der Waals surface area contributed by atoms with E-state index in [2.05, 4.69) is 31.8 Å². The number of likely N-dealkylation sites (N-methyl/N-ethyl adjacent to an activating group) is 1. The second kappa shape index (κ2) is 7.35. The number of hydrogen-bond acceptors (Lipinski definition) is 7. The number of fused-ring (bicyclic) bond motifs is 1. The second-order valence-corrected chi connectivity index (χ2v) is 7.62. The van der Waals surface area contributed by atoms with Gasteiger partial charge in [0.25, 0.3) is 5.91 Å². The number of hydrogen-bond donors (Lipinski definition) is 2. The maximum Gasteiger partial charge on any atom is 0.332 e. The number of carbonyl (C=O) groups is 3. The lowest BCUT2D eigenvalue weighted by Gasteiger charge is -2.17. The summed E-state index contributed by atoms with van der Waals surface area (Å²) in [6, 6.07) is 7.25. The van der Waals surface area contributed by atoms with Crippen LogP contribution >= 0.6 is 0 Å². The zero-order valence-corrected chi connectivity index (χ0v) is 16.8. The number of nitrogens with zero attached hydrogens (tertiary/aromatic N) is 6. The first-order valence-corrected chi connectivity index (χ1v) is 9.90. The Balaban J connectivity index is 1.46. The van der Waals surface area contributed by atoms with E-state index < -0.39 is 0 Å². The van der Waals surface area contributed by atoms with Gasteiger partial charge in [-0.3, -0.25) is 19.4 Å². The summed E-state index contributed by atoms with van der Waals surface area (Å²) in [5.74, 6) is 1.76. The highest BCUT2D eigenvalue weighted by Gasteiger charge is 2.36. The van der Waals surface area contributed by atoms with E-state index in [1.165, 1.54) is 18.3 Å². The van der Waals surface area contributed by atoms with Crippen LogP contribution in [0.15, 0.2) is 30.6 Å². The van der Waals surface area contributed by atoms with E-state index in [1.54, 1.807) is 10.6 Å². The summed E-state index contributed by atoms with van der Waals surface area (Å²) in [4.78, 5) is 45.9. The molecule has 0 aromatic carbocycles. The Hall–Kier alpha value is -4.02. The highest BCUT2D eigenvalue weighted by molar-refractivity contribution is 6.11. The minimum atomic E-state index is -0.356. The molecule has 11 nitrogen and oxygen atoms in total. The standard InChI is InChI=1S/C20H20N8O3/c1-26-19(30)9-27(20(26)31)18-5-13(12-2-3-12)4-15-6-14(25-28(15)18)8-21-16-7-17(24-11-29)23-10-22-16/h4-7,10-12H,2-3,8-9H2,1H3,(H2,21,22,23,24,29). The van der Waals surface area contributed by atoms with Gasteiger partial charge in [-0.25, -0.2) is 19.3 Å². The zero-order chi connectivity index (χ0) is 21.5. The van der Waals surface area contributed by atoms with Gasteiger partial charge in [-0.1, -0.05) is 0 Å². The molecule has 1 aliphatic heterocycles. The van der Waals surface area contributed by atoms with Crippen LogP contribution in [0.5, 0.6) is 0 Å². The molecule has 2 N–H and O–H groups in total. The Bertz CT molecular complexity index is 1200. The molecule has 5 rings (SSSR count). The number of rotatable bonds is 7. The SMILES string of the molecule is CN1C(=O)CN(c2cc(C3CC3)cc3cc(CNc4cc(NC=O)ncn4)nn23)C1=O. The Morgan fingerprint density at radius 2 is 1.94 bits per heavy atom. The smallest absolute Gasteiger partial charge is 0.332 e. The van der Waals surface area contributed by atoms with Crippen molar-refractivity contribution in [3.8, 4) is 0 Å². The average molecular weight is 420 g/mol. The lowest BCUT2D eigenvalue weighted by atomic mass is 10.1. The molecule has 0 bridgehead atoms. The lowest BCUT2D eigenvalue weighted by molar-refractivity contribution is -0.123. The average Bonchev–Trinajstić information content (AvgIpc) is 3.49. The van der Waals surface area contributed by atoms with Gasteiger partial charge in [0.15, 0.2) is 0 Å². The lowest BCUT2D eigenvalue weighted by Crippen LogP contribution is -2.31. The zero-order valence-electron chi connectivity index (χ0n) is 16.8. The van der Waals surface area contributed by atoms with Crippen LogP contribution < -0.4 is 15.5 Å². The fraction of sp³-hybridized carbons (Fsp3) is 0.300. The van der Waals surface area contributed by atoms with E-state index >= 15 is 0 Å². The van der Waals surface area contributed by atoms with Crippen LogP contribution in [0.25, 0.3) is 5.52 Å². The molecule has 0 spiro atoms. The van der Waals surface area contributed by atoms with Gasteiger partial charge in [-0.2, -0.15) is 5.10 Å². The van der Waals surface area contributed by atoms with Gasteiger partial charge in [-0.15, -0.1) is 0 Å². The molecular weight excluding hydrogens is 400 g/mol. The summed E-state index contributed by atoms with van der Waals surface area (Å²) in [6.45, 7) is 0.379. The van der Waals surface area contributed by atoms with Gasteiger partial charge in [0, 0.05) is 13.1 Å². The summed E-state index contributed by atoms with van der Waals surface area (Å²) in [7, 11) is 1.49. The van der Waals surface area contributed by atoms with Gasteiger partial charge in [0.1, 0.15) is 30.3 Å². The molecule has 0 atom stereocenters. The molecule has 158 valence electrons. The molecule has 1 aliphatic carbocycles. The summed E-state index contributed by atoms with van der Waals surface area (Å²) in [5.41, 5.74) is 2.75. The van der Waals surface area contributed by atoms with Crippen LogP contribution in [0.1, 0.15) is 30.0 Å². The molecule has 0 unspecified atom stereocenters. The van der Waals surface area contributed by atoms with Gasteiger partial charge in [-0.05, 0) is 42.5 Å². The summed E-state index contributed by atoms with van der Waals surface area (Å²) < 4.78 is 1.70. The van der Waals surface area contributed by atoms with E-state index in [0.29, 0.717) is 36.3 Å². The second-order valence-electron chi connectivity index (χ2n) is 7.62. The summed E-state index contributed by atoms with van der Waals surface area (Å²) >= 11 is 0. The third-order valence-electron chi connectivity index (χ3n) is 5.45. The van der Waals surface area contributed by atoms with Crippen LogP contribution in [0.3, 0.4) is 0 Å². The highest BCUT2D eigenvalue weighted by Crippen LogP contribution is 2.42. The van der Waals surface area contributed by atoms with Crippen LogP contribution in [0, 0.1) is 0 Å². The summed E-state index contributed by atoms with van der Waals surface area (Å²) in [6.07, 6.45) is 4.14. The number of carbonyl (C=O) groups excluding carboxylic acids is 3. The van der Waals surface area contributed by atoms with E-state index in [9.17, 15) is 14.4 Å². The third kappa shape index (κ3) is 3.54.